The van der Waals surface area contributed by atoms with Gasteiger partial charge < -0.3 is 9.84 Å². The van der Waals surface area contributed by atoms with E-state index in [4.69, 9.17) is 5.11 Å². The predicted octanol–water partition coefficient (Wildman–Crippen LogP) is 3.48. The number of alkyl halides is 3. The van der Waals surface area contributed by atoms with E-state index in [0.717, 1.165) is 24.4 Å². The Labute approximate surface area is 115 Å². The van der Waals surface area contributed by atoms with Gasteiger partial charge in [-0.3, -0.25) is 0 Å². The highest BCUT2D eigenvalue weighted by Gasteiger charge is 2.30. The number of halogens is 4. The molecule has 0 unspecified atom stereocenters. The van der Waals surface area contributed by atoms with Gasteiger partial charge in [0.25, 0.3) is 0 Å². The molecule has 0 spiro atoms. The number of carbonyl (C=O) groups is 1. The van der Waals surface area contributed by atoms with E-state index < -0.39 is 29.6 Å². The zero-order valence-electron chi connectivity index (χ0n) is 10.2. The quantitative estimate of drug-likeness (QED) is 0.696. The van der Waals surface area contributed by atoms with E-state index in [1.165, 1.54) is 12.1 Å². The highest BCUT2D eigenvalue weighted by atomic mass is 19.4. The maximum absolute atomic E-state index is 13.1. The van der Waals surface area contributed by atoms with E-state index in [0.29, 0.717) is 5.56 Å². The molecule has 0 amide bonds. The maximum Gasteiger partial charge on any atom is 0.573 e. The lowest BCUT2D eigenvalue weighted by Gasteiger charge is -2.09. The Morgan fingerprint density at radius 1 is 1.14 bits per heavy atom. The molecule has 21 heavy (non-hydrogen) atoms. The molecule has 8 heteroatoms. The van der Waals surface area contributed by atoms with Crippen LogP contribution in [0.5, 0.6) is 5.75 Å². The lowest BCUT2D eigenvalue weighted by Crippen LogP contribution is -2.16. The Morgan fingerprint density at radius 3 is 2.29 bits per heavy atom. The standard InChI is InChI=1S/C13H7F4NO3/c14-11-10(12(19)20)5-8(6-18-11)7-1-3-9(4-2-7)21-13(15,16)17/h1-6H,(H,19,20). The van der Waals surface area contributed by atoms with Crippen molar-refractivity contribution in [3.05, 3.63) is 48.0 Å². The number of rotatable bonds is 3. The Balaban J connectivity index is 2.31. The maximum atomic E-state index is 13.1. The van der Waals surface area contributed by atoms with E-state index >= 15 is 0 Å². The first kappa shape index (κ1) is 14.8. The number of carboxylic acid groups (broad SMARTS) is 1. The van der Waals surface area contributed by atoms with Gasteiger partial charge in [-0.15, -0.1) is 13.2 Å². The summed E-state index contributed by atoms with van der Waals surface area (Å²) in [5, 5.41) is 8.78. The van der Waals surface area contributed by atoms with E-state index in [-0.39, 0.29) is 5.56 Å². The van der Waals surface area contributed by atoms with Crippen molar-refractivity contribution in [1.29, 1.82) is 0 Å². The molecule has 0 aliphatic carbocycles. The summed E-state index contributed by atoms with van der Waals surface area (Å²) in [6.07, 6.45) is -3.71. The third-order valence-corrected chi connectivity index (χ3v) is 2.49. The normalized spacial score (nSPS) is 11.2. The summed E-state index contributed by atoms with van der Waals surface area (Å²) in [5.41, 5.74) is 0.00926. The monoisotopic (exact) mass is 301 g/mol. The Kier molecular flexibility index (Phi) is 3.79. The van der Waals surface area contributed by atoms with Gasteiger partial charge in [0.05, 0.1) is 0 Å². The predicted molar refractivity (Wildman–Crippen MR) is 63.3 cm³/mol. The van der Waals surface area contributed by atoms with Gasteiger partial charge in [-0.1, -0.05) is 12.1 Å². The van der Waals surface area contributed by atoms with Gasteiger partial charge in [0.15, 0.2) is 0 Å². The van der Waals surface area contributed by atoms with Crippen LogP contribution in [0.3, 0.4) is 0 Å². The van der Waals surface area contributed by atoms with Gasteiger partial charge in [-0.05, 0) is 23.8 Å². The van der Waals surface area contributed by atoms with Crippen molar-refractivity contribution < 1.29 is 32.2 Å². The number of pyridine rings is 1. The van der Waals surface area contributed by atoms with Crippen LogP contribution in [0, 0.1) is 5.95 Å². The number of benzene rings is 1. The highest BCUT2D eigenvalue weighted by molar-refractivity contribution is 5.89. The molecular formula is C13H7F4NO3. The molecule has 0 bridgehead atoms. The average Bonchev–Trinajstić information content (AvgIpc) is 2.38. The number of hydrogen-bond donors (Lipinski definition) is 1. The van der Waals surface area contributed by atoms with Gasteiger partial charge >= 0.3 is 12.3 Å². The van der Waals surface area contributed by atoms with Crippen LogP contribution in [0.25, 0.3) is 11.1 Å². The van der Waals surface area contributed by atoms with Crippen LogP contribution in [0.15, 0.2) is 36.5 Å². The molecular weight excluding hydrogens is 294 g/mol. The Hall–Kier alpha value is -2.64. The summed E-state index contributed by atoms with van der Waals surface area (Å²) < 4.78 is 52.9. The van der Waals surface area contributed by atoms with Crippen LogP contribution >= 0.6 is 0 Å². The van der Waals surface area contributed by atoms with Crippen LogP contribution in [0.1, 0.15) is 10.4 Å². The van der Waals surface area contributed by atoms with E-state index in [1.807, 2.05) is 0 Å². The number of hydrogen-bond acceptors (Lipinski definition) is 3. The zero-order valence-corrected chi connectivity index (χ0v) is 10.2. The van der Waals surface area contributed by atoms with Crippen LogP contribution in [0.2, 0.25) is 0 Å². The number of ether oxygens (including phenoxy) is 1. The number of carboxylic acids is 1. The molecule has 1 aromatic heterocycles. The second-order valence-electron chi connectivity index (χ2n) is 3.94. The molecule has 0 aliphatic heterocycles. The molecule has 0 radical (unpaired) electrons. The molecule has 1 N–H and O–H groups in total. The van der Waals surface area contributed by atoms with E-state index in [1.54, 1.807) is 0 Å². The molecule has 0 aliphatic rings. The fourth-order valence-corrected chi connectivity index (χ4v) is 1.60. The van der Waals surface area contributed by atoms with Gasteiger partial charge in [0.1, 0.15) is 11.3 Å². The van der Waals surface area contributed by atoms with Crippen LogP contribution in [-0.2, 0) is 0 Å². The molecule has 4 nitrogen and oxygen atoms in total. The molecule has 1 aromatic carbocycles. The molecule has 0 atom stereocenters. The first-order valence-electron chi connectivity index (χ1n) is 5.51. The average molecular weight is 301 g/mol. The third-order valence-electron chi connectivity index (χ3n) is 2.49. The number of aromatic nitrogens is 1. The summed E-state index contributed by atoms with van der Waals surface area (Å²) >= 11 is 0. The van der Waals surface area contributed by atoms with Crippen molar-refractivity contribution in [2.24, 2.45) is 0 Å². The smallest absolute Gasteiger partial charge is 0.478 e. The largest absolute Gasteiger partial charge is 0.573 e. The minimum absolute atomic E-state index is 0.257. The first-order chi connectivity index (χ1) is 9.76. The topological polar surface area (TPSA) is 59.4 Å². The molecule has 0 saturated carbocycles. The molecule has 0 saturated heterocycles. The van der Waals surface area contributed by atoms with Gasteiger partial charge in [0.2, 0.25) is 5.95 Å². The Bertz CT molecular complexity index is 668. The van der Waals surface area contributed by atoms with Crippen molar-refractivity contribution in [3.8, 4) is 16.9 Å². The van der Waals surface area contributed by atoms with Crippen molar-refractivity contribution in [3.63, 3.8) is 0 Å². The summed E-state index contributed by atoms with van der Waals surface area (Å²) in [7, 11) is 0. The summed E-state index contributed by atoms with van der Waals surface area (Å²) in [6, 6.07) is 5.73. The lowest BCUT2D eigenvalue weighted by molar-refractivity contribution is -0.274. The molecule has 0 fully saturated rings. The molecule has 2 rings (SSSR count). The van der Waals surface area contributed by atoms with Crippen LogP contribution in [0.4, 0.5) is 17.6 Å². The van der Waals surface area contributed by atoms with Crippen LogP contribution in [-0.4, -0.2) is 22.4 Å². The summed E-state index contributed by atoms with van der Waals surface area (Å²) in [4.78, 5) is 14.1. The van der Waals surface area contributed by atoms with Crippen molar-refractivity contribution >= 4 is 5.97 Å². The zero-order chi connectivity index (χ0) is 15.6. The van der Waals surface area contributed by atoms with Gasteiger partial charge in [-0.2, -0.15) is 4.39 Å². The number of nitrogens with zero attached hydrogens (tertiary/aromatic N) is 1. The number of aromatic carboxylic acids is 1. The van der Waals surface area contributed by atoms with Gasteiger partial charge in [-0.25, -0.2) is 9.78 Å². The molecule has 110 valence electrons. The fourth-order valence-electron chi connectivity index (χ4n) is 1.60. The van der Waals surface area contributed by atoms with E-state index in [2.05, 4.69) is 9.72 Å². The van der Waals surface area contributed by atoms with E-state index in [9.17, 15) is 22.4 Å². The van der Waals surface area contributed by atoms with Crippen LogP contribution < -0.4 is 4.74 Å². The van der Waals surface area contributed by atoms with Crippen molar-refractivity contribution in [2.75, 3.05) is 0 Å². The summed E-state index contributed by atoms with van der Waals surface area (Å²) in [5.74, 6) is -3.04. The highest BCUT2D eigenvalue weighted by Crippen LogP contribution is 2.26. The lowest BCUT2D eigenvalue weighted by atomic mass is 10.1. The third kappa shape index (κ3) is 3.68. The second kappa shape index (κ2) is 5.39. The minimum Gasteiger partial charge on any atom is -0.478 e. The minimum atomic E-state index is -4.80. The first-order valence-corrected chi connectivity index (χ1v) is 5.51. The Morgan fingerprint density at radius 2 is 1.76 bits per heavy atom. The summed E-state index contributed by atoms with van der Waals surface area (Å²) in [6.45, 7) is 0. The second-order valence-corrected chi connectivity index (χ2v) is 3.94. The fraction of sp³-hybridized carbons (Fsp3) is 0.0769. The van der Waals surface area contributed by atoms with Crippen molar-refractivity contribution in [2.45, 2.75) is 6.36 Å². The SMILES string of the molecule is O=C(O)c1cc(-c2ccc(OC(F)(F)F)cc2)cnc1F. The molecule has 1 heterocycles. The molecule has 2 aromatic rings. The van der Waals surface area contributed by atoms with Gasteiger partial charge in [0, 0.05) is 11.8 Å². The van der Waals surface area contributed by atoms with Crippen molar-refractivity contribution in [1.82, 2.24) is 4.98 Å².